The van der Waals surface area contributed by atoms with Gasteiger partial charge >= 0.3 is 5.97 Å². The predicted molar refractivity (Wildman–Crippen MR) is 162 cm³/mol. The van der Waals surface area contributed by atoms with Crippen molar-refractivity contribution in [1.29, 1.82) is 0 Å². The molecule has 1 saturated carbocycles. The molecule has 1 aliphatic rings. The summed E-state index contributed by atoms with van der Waals surface area (Å²) < 4.78 is 9.51. The number of carbonyl (C=O) groups excluding carboxylic acids is 2. The van der Waals surface area contributed by atoms with Crippen LogP contribution in [-0.2, 0) is 26.3 Å². The number of hydrogen-bond donors (Lipinski definition) is 1. The van der Waals surface area contributed by atoms with Crippen LogP contribution in [0, 0.1) is 12.8 Å². The van der Waals surface area contributed by atoms with Crippen LogP contribution >= 0.6 is 0 Å². The number of hydrogen-bond acceptors (Lipinski definition) is 3. The number of imidazole rings is 1. The van der Waals surface area contributed by atoms with Gasteiger partial charge in [0.05, 0.1) is 13.7 Å². The maximum Gasteiger partial charge on any atom is 0.305 e. The lowest BCUT2D eigenvalue weighted by Crippen LogP contribution is -3.00. The molecule has 0 radical (unpaired) electrons. The molecule has 3 aromatic rings. The highest BCUT2D eigenvalue weighted by Gasteiger charge is 2.51. The molecule has 1 amide bonds. The molecule has 0 spiro atoms. The molecule has 2 N–H and O–H groups in total. The maximum atomic E-state index is 13.4. The minimum atomic E-state index is -0.838. The highest BCUT2D eigenvalue weighted by Crippen LogP contribution is 2.48. The summed E-state index contributed by atoms with van der Waals surface area (Å²) >= 11 is 0. The number of halogens is 1. The van der Waals surface area contributed by atoms with Crippen molar-refractivity contribution in [3.8, 4) is 0 Å². The summed E-state index contributed by atoms with van der Waals surface area (Å²) in [4.78, 5) is 24.6. The maximum absolute atomic E-state index is 13.4. The van der Waals surface area contributed by atoms with Gasteiger partial charge in [0.1, 0.15) is 23.9 Å². The number of unbranched alkanes of at least 4 members (excludes halogenated alkanes) is 7. The van der Waals surface area contributed by atoms with Gasteiger partial charge in [0.15, 0.2) is 0 Å². The highest BCUT2D eigenvalue weighted by atomic mass is 79.9. The summed E-state index contributed by atoms with van der Waals surface area (Å²) in [6.07, 6.45) is 17.3. The first-order valence-corrected chi connectivity index (χ1v) is 15.5. The van der Waals surface area contributed by atoms with E-state index in [1.807, 2.05) is 36.4 Å². The van der Waals surface area contributed by atoms with Gasteiger partial charge in [-0.3, -0.25) is 9.59 Å². The first kappa shape index (κ1) is 33.6. The molecule has 228 valence electrons. The third-order valence-electron chi connectivity index (χ3n) is 9.21. The Balaban J connectivity index is 0.00000484. The van der Waals surface area contributed by atoms with Crippen molar-refractivity contribution in [2.75, 3.05) is 7.11 Å². The third kappa shape index (κ3) is 7.91. The number of rotatable bonds is 16. The van der Waals surface area contributed by atoms with E-state index in [1.54, 1.807) is 0 Å². The number of aryl methyl sites for hydroxylation is 1. The zero-order valence-electron chi connectivity index (χ0n) is 25.3. The molecular weight excluding hydrogens is 590 g/mol. The van der Waals surface area contributed by atoms with Crippen LogP contribution in [0.5, 0.6) is 0 Å². The van der Waals surface area contributed by atoms with Gasteiger partial charge in [0, 0.05) is 13.3 Å². The van der Waals surface area contributed by atoms with Crippen molar-refractivity contribution in [1.82, 2.24) is 4.57 Å². The second-order valence-electron chi connectivity index (χ2n) is 11.7. The van der Waals surface area contributed by atoms with Gasteiger partial charge in [-0.05, 0) is 55.6 Å². The van der Waals surface area contributed by atoms with E-state index in [9.17, 15) is 9.59 Å². The van der Waals surface area contributed by atoms with E-state index in [-0.39, 0.29) is 34.8 Å². The SMILES string of the molecule is COC(=O)CCCCCCCCCCn1cc[n+]([C@H]2CC[C@@H](C(C(N)=O)(c3ccccc3)c3ccccc3)C2)c1C.[Br-]. The number of benzene rings is 2. The largest absolute Gasteiger partial charge is 1.00 e. The van der Waals surface area contributed by atoms with Crippen LogP contribution in [0.15, 0.2) is 73.1 Å². The fourth-order valence-electron chi connectivity index (χ4n) is 6.98. The molecule has 42 heavy (non-hydrogen) atoms. The molecule has 0 aliphatic heterocycles. The number of nitrogens with zero attached hydrogens (tertiary/aromatic N) is 2. The van der Waals surface area contributed by atoms with Gasteiger partial charge in [0.2, 0.25) is 5.91 Å². The van der Waals surface area contributed by atoms with E-state index in [1.165, 1.54) is 51.5 Å². The zero-order chi connectivity index (χ0) is 29.1. The predicted octanol–water partition coefficient (Wildman–Crippen LogP) is 3.58. The van der Waals surface area contributed by atoms with E-state index in [4.69, 9.17) is 10.5 Å². The molecule has 2 aromatic carbocycles. The van der Waals surface area contributed by atoms with Crippen LogP contribution < -0.4 is 27.3 Å². The van der Waals surface area contributed by atoms with Gasteiger partial charge in [-0.25, -0.2) is 9.13 Å². The van der Waals surface area contributed by atoms with E-state index >= 15 is 0 Å². The average Bonchev–Trinajstić information content (AvgIpc) is 3.62. The molecule has 0 saturated heterocycles. The quantitative estimate of drug-likeness (QED) is 0.148. The fourth-order valence-corrected chi connectivity index (χ4v) is 6.98. The van der Waals surface area contributed by atoms with Crippen molar-refractivity contribution < 1.29 is 35.9 Å². The van der Waals surface area contributed by atoms with Crippen LogP contribution in [-0.4, -0.2) is 23.6 Å². The van der Waals surface area contributed by atoms with E-state index < -0.39 is 5.41 Å². The summed E-state index contributed by atoms with van der Waals surface area (Å²) in [5.41, 5.74) is 7.45. The van der Waals surface area contributed by atoms with Crippen molar-refractivity contribution >= 4 is 11.9 Å². The Labute approximate surface area is 262 Å². The number of nitrogens with two attached hydrogens (primary N) is 1. The van der Waals surface area contributed by atoms with Gasteiger partial charge in [-0.1, -0.05) is 92.8 Å². The number of carbonyl (C=O) groups is 2. The Kier molecular flexibility index (Phi) is 13.3. The molecule has 0 bridgehead atoms. The number of ether oxygens (including phenoxy) is 1. The smallest absolute Gasteiger partial charge is 0.305 e. The van der Waals surface area contributed by atoms with Crippen molar-refractivity contribution in [2.24, 2.45) is 11.7 Å². The topological polar surface area (TPSA) is 78.2 Å². The Bertz CT molecular complexity index is 1210. The molecule has 7 heteroatoms. The minimum absolute atomic E-state index is 0. The normalized spacial score (nSPS) is 16.6. The molecule has 1 fully saturated rings. The number of methoxy groups -OCH3 is 1. The first-order chi connectivity index (χ1) is 20.0. The van der Waals surface area contributed by atoms with Gasteiger partial charge in [0.25, 0.3) is 5.82 Å². The number of primary amides is 1. The molecular formula is C35H48BrN3O3. The molecule has 2 atom stereocenters. The average molecular weight is 639 g/mol. The standard InChI is InChI=1S/C35H47N3O3.BrH/c1-28-37(24-16-8-6-4-3-5-7-15-21-33(39)41-2)25-26-38(28)32-23-22-31(27-32)35(34(36)40,29-17-11-9-12-18-29)30-19-13-10-14-20-30;/h9-14,17-20,25-26,31-32H,3-8,15-16,21-24,27H2,1-2H3,(H-,36,40);1H/t31-,32+;/m1./s1. The number of esters is 1. The van der Waals surface area contributed by atoms with Crippen LogP contribution in [0.2, 0.25) is 0 Å². The lowest BCUT2D eigenvalue weighted by Gasteiger charge is -2.37. The van der Waals surface area contributed by atoms with Crippen LogP contribution in [0.3, 0.4) is 0 Å². The summed E-state index contributed by atoms with van der Waals surface area (Å²) in [7, 11) is 1.45. The Morgan fingerprint density at radius 1 is 0.881 bits per heavy atom. The molecule has 1 heterocycles. The number of amides is 1. The van der Waals surface area contributed by atoms with E-state index in [0.29, 0.717) is 12.5 Å². The van der Waals surface area contributed by atoms with Crippen molar-refractivity contribution in [3.63, 3.8) is 0 Å². The second kappa shape index (κ2) is 16.6. The minimum Gasteiger partial charge on any atom is -1.00 e. The summed E-state index contributed by atoms with van der Waals surface area (Å²) in [6, 6.07) is 20.6. The summed E-state index contributed by atoms with van der Waals surface area (Å²) in [5, 5.41) is 0. The van der Waals surface area contributed by atoms with Gasteiger partial charge in [-0.2, -0.15) is 0 Å². The molecule has 0 unspecified atom stereocenters. The molecule has 1 aromatic heterocycles. The van der Waals surface area contributed by atoms with Crippen molar-refractivity contribution in [2.45, 2.75) is 102 Å². The van der Waals surface area contributed by atoms with Gasteiger partial charge < -0.3 is 27.5 Å². The molecule has 6 nitrogen and oxygen atoms in total. The second-order valence-corrected chi connectivity index (χ2v) is 11.7. The van der Waals surface area contributed by atoms with E-state index in [2.05, 4.69) is 52.7 Å². The first-order valence-electron chi connectivity index (χ1n) is 15.5. The van der Waals surface area contributed by atoms with Crippen LogP contribution in [0.4, 0.5) is 0 Å². The molecule has 4 rings (SSSR count). The lowest BCUT2D eigenvalue weighted by molar-refractivity contribution is -0.727. The Morgan fingerprint density at radius 2 is 1.43 bits per heavy atom. The Morgan fingerprint density at radius 3 is 1.98 bits per heavy atom. The Hall–Kier alpha value is -2.93. The number of aromatic nitrogens is 2. The highest BCUT2D eigenvalue weighted by molar-refractivity contribution is 5.91. The third-order valence-corrected chi connectivity index (χ3v) is 9.21. The monoisotopic (exact) mass is 637 g/mol. The summed E-state index contributed by atoms with van der Waals surface area (Å²) in [6.45, 7) is 3.25. The summed E-state index contributed by atoms with van der Waals surface area (Å²) in [5.74, 6) is 1.05. The van der Waals surface area contributed by atoms with Gasteiger partial charge in [-0.15, -0.1) is 0 Å². The lowest BCUT2D eigenvalue weighted by atomic mass is 9.64. The zero-order valence-corrected chi connectivity index (χ0v) is 26.9. The van der Waals surface area contributed by atoms with Crippen molar-refractivity contribution in [3.05, 3.63) is 90.0 Å². The van der Waals surface area contributed by atoms with Crippen LogP contribution in [0.1, 0.15) is 100 Å². The fraction of sp³-hybridized carbons (Fsp3) is 0.514. The molecule has 1 aliphatic carbocycles. The van der Waals surface area contributed by atoms with E-state index in [0.717, 1.165) is 49.8 Å². The van der Waals surface area contributed by atoms with Crippen LogP contribution in [0.25, 0.3) is 0 Å².